The van der Waals surface area contributed by atoms with E-state index in [1.807, 2.05) is 0 Å². The number of hydrogen-bond acceptors (Lipinski definition) is 3. The second-order valence-corrected chi connectivity index (χ2v) is 5.74. The zero-order valence-electron chi connectivity index (χ0n) is 13.0. The number of carbonyl (C=O) groups excluding carboxylic acids is 1. The minimum Gasteiger partial charge on any atom is -0.327 e. The molecule has 3 N–H and O–H groups in total. The highest BCUT2D eigenvalue weighted by molar-refractivity contribution is 5.91. The average Bonchev–Trinajstić information content (AvgIpc) is 3.12. The molecule has 24 heavy (non-hydrogen) atoms. The number of rotatable bonds is 4. The van der Waals surface area contributed by atoms with Crippen LogP contribution in [-0.2, 0) is 4.79 Å². The number of halogens is 3. The summed E-state index contributed by atoms with van der Waals surface area (Å²) in [7, 11) is 0. The van der Waals surface area contributed by atoms with Gasteiger partial charge in [0.1, 0.15) is 5.82 Å². The Labute approximate surface area is 152 Å². The molecule has 2 atom stereocenters. The molecule has 1 amide bonds. The van der Waals surface area contributed by atoms with E-state index in [4.69, 9.17) is 5.73 Å². The van der Waals surface area contributed by atoms with Crippen LogP contribution in [0.5, 0.6) is 0 Å². The van der Waals surface area contributed by atoms with Crippen molar-refractivity contribution in [3.63, 3.8) is 0 Å². The van der Waals surface area contributed by atoms with Gasteiger partial charge in [0.2, 0.25) is 5.91 Å². The molecule has 0 spiro atoms. The highest BCUT2D eigenvalue weighted by atomic mass is 35.5. The second-order valence-electron chi connectivity index (χ2n) is 5.74. The van der Waals surface area contributed by atoms with Crippen molar-refractivity contribution in [2.24, 2.45) is 11.7 Å². The number of aromatic nitrogens is 2. The van der Waals surface area contributed by atoms with Gasteiger partial charge in [-0.1, -0.05) is 6.42 Å². The maximum atomic E-state index is 14.1. The number of amides is 1. The third-order valence-electron chi connectivity index (χ3n) is 4.18. The number of nitrogens with zero attached hydrogens (tertiary/aromatic N) is 2. The molecule has 5 nitrogen and oxygen atoms in total. The van der Waals surface area contributed by atoms with E-state index >= 15 is 0 Å². The average molecular weight is 375 g/mol. The number of nitrogens with one attached hydrogen (secondary N) is 1. The molecule has 1 aliphatic rings. The SMILES string of the molecule is Cl.Cl.N[C@@H]1CCC[C@H]1CC(=O)Nc1ccc(-n2ccnc2)c(F)c1. The van der Waals surface area contributed by atoms with Crippen LogP contribution in [-0.4, -0.2) is 21.5 Å². The van der Waals surface area contributed by atoms with E-state index in [1.54, 1.807) is 29.1 Å². The molecule has 1 aromatic heterocycles. The Bertz CT molecular complexity index is 666. The van der Waals surface area contributed by atoms with Crippen LogP contribution in [0.1, 0.15) is 25.7 Å². The minimum atomic E-state index is -0.409. The molecule has 1 aliphatic carbocycles. The summed E-state index contributed by atoms with van der Waals surface area (Å²) in [5.74, 6) is -0.291. The number of imidazole rings is 1. The number of hydrogen-bond donors (Lipinski definition) is 2. The molecule has 1 fully saturated rings. The monoisotopic (exact) mass is 374 g/mol. The highest BCUT2D eigenvalue weighted by Crippen LogP contribution is 2.27. The van der Waals surface area contributed by atoms with Crippen molar-refractivity contribution in [2.75, 3.05) is 5.32 Å². The summed E-state index contributed by atoms with van der Waals surface area (Å²) in [5, 5.41) is 2.74. The lowest BCUT2D eigenvalue weighted by atomic mass is 10.00. The van der Waals surface area contributed by atoms with Crippen LogP contribution in [0.3, 0.4) is 0 Å². The summed E-state index contributed by atoms with van der Waals surface area (Å²) in [6.45, 7) is 0. The largest absolute Gasteiger partial charge is 0.327 e. The number of anilines is 1. The molecular weight excluding hydrogens is 354 g/mol. The number of benzene rings is 1. The molecule has 2 aromatic rings. The van der Waals surface area contributed by atoms with Crippen LogP contribution in [0.4, 0.5) is 10.1 Å². The number of nitrogens with two attached hydrogens (primary N) is 1. The van der Waals surface area contributed by atoms with Gasteiger partial charge < -0.3 is 15.6 Å². The van der Waals surface area contributed by atoms with Crippen molar-refractivity contribution >= 4 is 36.4 Å². The van der Waals surface area contributed by atoms with Crippen molar-refractivity contribution in [3.8, 4) is 5.69 Å². The lowest BCUT2D eigenvalue weighted by molar-refractivity contribution is -0.117. The van der Waals surface area contributed by atoms with E-state index in [2.05, 4.69) is 10.3 Å². The standard InChI is InChI=1S/C16H19FN4O.2ClH/c17-13-9-12(4-5-15(13)21-7-6-19-10-21)20-16(22)8-11-2-1-3-14(11)18;;/h4-7,9-11,14H,1-3,8,18H2,(H,20,22);2*1H/t11-,14+;;/m0../s1. The van der Waals surface area contributed by atoms with Crippen LogP contribution in [0, 0.1) is 11.7 Å². The van der Waals surface area contributed by atoms with Gasteiger partial charge in [0.05, 0.1) is 12.0 Å². The van der Waals surface area contributed by atoms with Crippen LogP contribution in [0.25, 0.3) is 5.69 Å². The Morgan fingerprint density at radius 1 is 1.38 bits per heavy atom. The predicted molar refractivity (Wildman–Crippen MR) is 96.6 cm³/mol. The Kier molecular flexibility index (Phi) is 7.66. The van der Waals surface area contributed by atoms with E-state index < -0.39 is 5.82 Å². The summed E-state index contributed by atoms with van der Waals surface area (Å²) < 4.78 is 15.7. The summed E-state index contributed by atoms with van der Waals surface area (Å²) in [4.78, 5) is 15.9. The molecule has 1 heterocycles. The van der Waals surface area contributed by atoms with Gasteiger partial charge in [0, 0.05) is 30.5 Å². The number of carbonyl (C=O) groups is 1. The van der Waals surface area contributed by atoms with E-state index in [1.165, 1.54) is 12.4 Å². The third kappa shape index (κ3) is 4.69. The van der Waals surface area contributed by atoms with Gasteiger partial charge >= 0.3 is 0 Å². The van der Waals surface area contributed by atoms with E-state index in [-0.39, 0.29) is 42.7 Å². The fourth-order valence-electron chi connectivity index (χ4n) is 2.96. The van der Waals surface area contributed by atoms with Crippen molar-refractivity contribution < 1.29 is 9.18 Å². The first kappa shape index (κ1) is 20.4. The summed E-state index contributed by atoms with van der Waals surface area (Å²) in [6.07, 6.45) is 8.21. The fraction of sp³-hybridized carbons (Fsp3) is 0.375. The molecule has 132 valence electrons. The molecular formula is C16H21Cl2FN4O. The molecule has 0 bridgehead atoms. The minimum absolute atomic E-state index is 0. The van der Waals surface area contributed by atoms with E-state index in [0.29, 0.717) is 17.8 Å². The maximum absolute atomic E-state index is 14.1. The zero-order valence-corrected chi connectivity index (χ0v) is 14.7. The van der Waals surface area contributed by atoms with Crippen molar-refractivity contribution in [3.05, 3.63) is 42.7 Å². The Morgan fingerprint density at radius 2 is 2.17 bits per heavy atom. The van der Waals surface area contributed by atoms with Crippen molar-refractivity contribution in [2.45, 2.75) is 31.7 Å². The van der Waals surface area contributed by atoms with Crippen LogP contribution in [0.2, 0.25) is 0 Å². The molecule has 8 heteroatoms. The quantitative estimate of drug-likeness (QED) is 0.861. The summed E-state index contributed by atoms with van der Waals surface area (Å²) in [6, 6.07) is 4.73. The lowest BCUT2D eigenvalue weighted by Crippen LogP contribution is -2.28. The second kappa shape index (κ2) is 9.01. The van der Waals surface area contributed by atoms with E-state index in [9.17, 15) is 9.18 Å². The topological polar surface area (TPSA) is 72.9 Å². The molecule has 3 rings (SSSR count). The molecule has 1 saturated carbocycles. The highest BCUT2D eigenvalue weighted by Gasteiger charge is 2.26. The van der Waals surface area contributed by atoms with Gasteiger partial charge in [0.15, 0.2) is 0 Å². The van der Waals surface area contributed by atoms with Crippen LogP contribution >= 0.6 is 24.8 Å². The van der Waals surface area contributed by atoms with Gasteiger partial charge in [-0.05, 0) is 37.0 Å². The van der Waals surface area contributed by atoms with Gasteiger partial charge in [0.25, 0.3) is 0 Å². The van der Waals surface area contributed by atoms with E-state index in [0.717, 1.165) is 19.3 Å². The Morgan fingerprint density at radius 3 is 2.75 bits per heavy atom. The molecule has 0 unspecified atom stereocenters. The van der Waals surface area contributed by atoms with Crippen LogP contribution < -0.4 is 11.1 Å². The summed E-state index contributed by atoms with van der Waals surface area (Å²) >= 11 is 0. The van der Waals surface area contributed by atoms with Crippen LogP contribution in [0.15, 0.2) is 36.9 Å². The van der Waals surface area contributed by atoms with Crippen molar-refractivity contribution in [1.82, 2.24) is 9.55 Å². The lowest BCUT2D eigenvalue weighted by Gasteiger charge is -2.15. The van der Waals surface area contributed by atoms with Crippen molar-refractivity contribution in [1.29, 1.82) is 0 Å². The smallest absolute Gasteiger partial charge is 0.224 e. The maximum Gasteiger partial charge on any atom is 0.224 e. The van der Waals surface area contributed by atoms with Gasteiger partial charge in [-0.25, -0.2) is 9.37 Å². The Hall–Kier alpha value is -1.63. The molecule has 0 aliphatic heterocycles. The summed E-state index contributed by atoms with van der Waals surface area (Å²) in [5.41, 5.74) is 6.82. The first-order valence-corrected chi connectivity index (χ1v) is 7.47. The fourth-order valence-corrected chi connectivity index (χ4v) is 2.96. The molecule has 0 saturated heterocycles. The first-order valence-electron chi connectivity index (χ1n) is 7.47. The third-order valence-corrected chi connectivity index (χ3v) is 4.18. The molecule has 0 radical (unpaired) electrons. The van der Waals surface area contributed by atoms with Gasteiger partial charge in [-0.15, -0.1) is 24.8 Å². The Balaban J connectivity index is 0.00000144. The van der Waals surface area contributed by atoms with Gasteiger partial charge in [-0.3, -0.25) is 4.79 Å². The predicted octanol–water partition coefficient (Wildman–Crippen LogP) is 3.31. The molecule has 1 aromatic carbocycles. The first-order chi connectivity index (χ1) is 10.6. The normalized spacial score (nSPS) is 19.2. The zero-order chi connectivity index (χ0) is 15.5. The van der Waals surface area contributed by atoms with Gasteiger partial charge in [-0.2, -0.15) is 0 Å².